The standard InChI is InChI=1S/C13H10BrF3N2O2/c14-10-11(8-4-2-1-3-5-8)18-9(19-12(10)20)6-21-7-13(15,16)17/h1-5H,6-7H2,(H,18,19,20). The molecule has 4 nitrogen and oxygen atoms in total. The van der Waals surface area contributed by atoms with Crippen molar-refractivity contribution < 1.29 is 17.9 Å². The molecule has 0 saturated carbocycles. The fourth-order valence-electron chi connectivity index (χ4n) is 1.62. The summed E-state index contributed by atoms with van der Waals surface area (Å²) in [6.45, 7) is -1.82. The first-order valence-corrected chi connectivity index (χ1v) is 6.65. The smallest absolute Gasteiger partial charge is 0.364 e. The van der Waals surface area contributed by atoms with Crippen molar-refractivity contribution in [2.75, 3.05) is 6.61 Å². The van der Waals surface area contributed by atoms with Crippen LogP contribution in [0.2, 0.25) is 0 Å². The van der Waals surface area contributed by atoms with Crippen LogP contribution < -0.4 is 5.56 Å². The molecule has 0 unspecified atom stereocenters. The van der Waals surface area contributed by atoms with Gasteiger partial charge in [-0.15, -0.1) is 0 Å². The summed E-state index contributed by atoms with van der Waals surface area (Å²) in [5.74, 6) is 0.0336. The molecular weight excluding hydrogens is 353 g/mol. The molecule has 0 bridgehead atoms. The predicted molar refractivity (Wildman–Crippen MR) is 73.7 cm³/mol. The van der Waals surface area contributed by atoms with Crippen LogP contribution in [0.4, 0.5) is 13.2 Å². The number of rotatable bonds is 4. The zero-order valence-electron chi connectivity index (χ0n) is 10.6. The minimum absolute atomic E-state index is 0.0336. The third-order valence-electron chi connectivity index (χ3n) is 2.46. The summed E-state index contributed by atoms with van der Waals surface area (Å²) in [6.07, 6.45) is -4.42. The minimum atomic E-state index is -4.42. The van der Waals surface area contributed by atoms with E-state index in [1.165, 1.54) is 0 Å². The van der Waals surface area contributed by atoms with E-state index in [4.69, 9.17) is 0 Å². The summed E-state index contributed by atoms with van der Waals surface area (Å²) in [6, 6.07) is 8.83. The molecule has 2 aromatic rings. The Kier molecular flexibility index (Phi) is 4.79. The summed E-state index contributed by atoms with van der Waals surface area (Å²) < 4.78 is 40.8. The highest BCUT2D eigenvalue weighted by atomic mass is 79.9. The molecule has 0 radical (unpaired) electrons. The third kappa shape index (κ3) is 4.40. The quantitative estimate of drug-likeness (QED) is 0.907. The van der Waals surface area contributed by atoms with E-state index >= 15 is 0 Å². The van der Waals surface area contributed by atoms with Gasteiger partial charge in [-0.25, -0.2) is 4.98 Å². The highest BCUT2D eigenvalue weighted by molar-refractivity contribution is 9.10. The second-order valence-corrected chi connectivity index (χ2v) is 4.94. The molecule has 0 fully saturated rings. The fraction of sp³-hybridized carbons (Fsp3) is 0.231. The Hall–Kier alpha value is -1.67. The minimum Gasteiger partial charge on any atom is -0.364 e. The molecule has 0 aliphatic rings. The van der Waals surface area contributed by atoms with Gasteiger partial charge in [-0.3, -0.25) is 4.79 Å². The SMILES string of the molecule is O=c1[nH]c(COCC(F)(F)F)nc(-c2ccccc2)c1Br. The molecule has 0 saturated heterocycles. The first-order valence-electron chi connectivity index (χ1n) is 5.85. The van der Waals surface area contributed by atoms with E-state index in [2.05, 4.69) is 30.6 Å². The number of ether oxygens (including phenoxy) is 1. The Bertz CT molecular complexity index is 671. The van der Waals surface area contributed by atoms with Crippen molar-refractivity contribution >= 4 is 15.9 Å². The lowest BCUT2D eigenvalue weighted by Gasteiger charge is -2.09. The Labute approximate surface area is 126 Å². The summed E-state index contributed by atoms with van der Waals surface area (Å²) in [5, 5.41) is 0. The Balaban J connectivity index is 2.25. The van der Waals surface area contributed by atoms with Gasteiger partial charge in [-0.05, 0) is 15.9 Å². The molecule has 1 aromatic carbocycles. The molecular formula is C13H10BrF3N2O2. The van der Waals surface area contributed by atoms with Crippen molar-refractivity contribution in [3.63, 3.8) is 0 Å². The Morgan fingerprint density at radius 1 is 1.24 bits per heavy atom. The average molecular weight is 363 g/mol. The van der Waals surface area contributed by atoms with Crippen LogP contribution in [0.15, 0.2) is 39.6 Å². The van der Waals surface area contributed by atoms with Crippen LogP contribution in [0.5, 0.6) is 0 Å². The molecule has 1 N–H and O–H groups in total. The van der Waals surface area contributed by atoms with Gasteiger partial charge in [0.25, 0.3) is 5.56 Å². The van der Waals surface area contributed by atoms with Crippen LogP contribution in [-0.2, 0) is 11.3 Å². The van der Waals surface area contributed by atoms with Gasteiger partial charge in [-0.1, -0.05) is 30.3 Å². The van der Waals surface area contributed by atoms with Gasteiger partial charge >= 0.3 is 6.18 Å². The van der Waals surface area contributed by atoms with Gasteiger partial charge in [0.1, 0.15) is 23.5 Å². The molecule has 0 atom stereocenters. The zero-order valence-corrected chi connectivity index (χ0v) is 12.2. The molecule has 21 heavy (non-hydrogen) atoms. The topological polar surface area (TPSA) is 55.0 Å². The van der Waals surface area contributed by atoms with Crippen LogP contribution in [0, 0.1) is 0 Å². The highest BCUT2D eigenvalue weighted by Gasteiger charge is 2.27. The van der Waals surface area contributed by atoms with Crippen molar-refractivity contribution in [2.45, 2.75) is 12.8 Å². The number of nitrogens with zero attached hydrogens (tertiary/aromatic N) is 1. The molecule has 0 aliphatic heterocycles. The number of aromatic nitrogens is 2. The number of nitrogens with one attached hydrogen (secondary N) is 1. The van der Waals surface area contributed by atoms with Gasteiger partial charge in [0.05, 0.1) is 5.69 Å². The number of alkyl halides is 3. The molecule has 8 heteroatoms. The maximum absolute atomic E-state index is 12.0. The first kappa shape index (κ1) is 15.7. The molecule has 0 amide bonds. The lowest BCUT2D eigenvalue weighted by molar-refractivity contribution is -0.177. The van der Waals surface area contributed by atoms with Crippen molar-refractivity contribution in [2.24, 2.45) is 0 Å². The number of halogens is 4. The van der Waals surface area contributed by atoms with Crippen LogP contribution in [0.1, 0.15) is 5.82 Å². The number of hydrogen-bond donors (Lipinski definition) is 1. The van der Waals surface area contributed by atoms with E-state index in [1.54, 1.807) is 30.3 Å². The molecule has 2 rings (SSSR count). The summed E-state index contributed by atoms with van der Waals surface area (Å²) >= 11 is 3.12. The predicted octanol–water partition coefficient (Wildman–Crippen LogP) is 3.28. The van der Waals surface area contributed by atoms with Gasteiger partial charge in [0, 0.05) is 5.56 Å². The van der Waals surface area contributed by atoms with E-state index in [-0.39, 0.29) is 10.3 Å². The summed E-state index contributed by atoms with van der Waals surface area (Å²) in [5.41, 5.74) is 0.548. The monoisotopic (exact) mass is 362 g/mol. The number of aromatic amines is 1. The largest absolute Gasteiger partial charge is 0.411 e. The lowest BCUT2D eigenvalue weighted by atomic mass is 10.1. The number of hydrogen-bond acceptors (Lipinski definition) is 3. The third-order valence-corrected chi connectivity index (χ3v) is 3.20. The van der Waals surface area contributed by atoms with Crippen LogP contribution in [0.25, 0.3) is 11.3 Å². The van der Waals surface area contributed by atoms with Crippen LogP contribution in [-0.4, -0.2) is 22.8 Å². The van der Waals surface area contributed by atoms with Crippen molar-refractivity contribution in [3.05, 3.63) is 51.0 Å². The average Bonchev–Trinajstić information content (AvgIpc) is 2.42. The molecule has 1 aromatic heterocycles. The van der Waals surface area contributed by atoms with E-state index in [9.17, 15) is 18.0 Å². The maximum atomic E-state index is 12.0. The summed E-state index contributed by atoms with van der Waals surface area (Å²) in [4.78, 5) is 18.3. The van der Waals surface area contributed by atoms with Crippen LogP contribution in [0.3, 0.4) is 0 Å². The second-order valence-electron chi connectivity index (χ2n) is 4.15. The molecule has 0 aliphatic carbocycles. The fourth-order valence-corrected chi connectivity index (χ4v) is 2.04. The number of benzene rings is 1. The lowest BCUT2D eigenvalue weighted by Crippen LogP contribution is -2.19. The van der Waals surface area contributed by atoms with Gasteiger partial charge in [-0.2, -0.15) is 13.2 Å². The number of H-pyrrole nitrogens is 1. The van der Waals surface area contributed by atoms with E-state index < -0.39 is 24.9 Å². The highest BCUT2D eigenvalue weighted by Crippen LogP contribution is 2.23. The van der Waals surface area contributed by atoms with Crippen molar-refractivity contribution in [1.82, 2.24) is 9.97 Å². The Morgan fingerprint density at radius 3 is 2.52 bits per heavy atom. The molecule has 0 spiro atoms. The summed E-state index contributed by atoms with van der Waals surface area (Å²) in [7, 11) is 0. The van der Waals surface area contributed by atoms with Gasteiger partial charge in [0.2, 0.25) is 0 Å². The van der Waals surface area contributed by atoms with E-state index in [0.29, 0.717) is 11.3 Å². The van der Waals surface area contributed by atoms with Gasteiger partial charge < -0.3 is 9.72 Å². The maximum Gasteiger partial charge on any atom is 0.411 e. The molecule has 112 valence electrons. The Morgan fingerprint density at radius 2 is 1.90 bits per heavy atom. The van der Waals surface area contributed by atoms with Crippen molar-refractivity contribution in [3.8, 4) is 11.3 Å². The second kappa shape index (κ2) is 6.40. The van der Waals surface area contributed by atoms with Crippen LogP contribution >= 0.6 is 15.9 Å². The van der Waals surface area contributed by atoms with E-state index in [1.807, 2.05) is 0 Å². The zero-order chi connectivity index (χ0) is 15.5. The van der Waals surface area contributed by atoms with Crippen molar-refractivity contribution in [1.29, 1.82) is 0 Å². The molecule has 1 heterocycles. The van der Waals surface area contributed by atoms with Gasteiger partial charge in [0.15, 0.2) is 0 Å². The first-order chi connectivity index (χ1) is 9.87. The normalized spacial score (nSPS) is 11.6. The van der Waals surface area contributed by atoms with E-state index in [0.717, 1.165) is 0 Å².